The third-order valence-corrected chi connectivity index (χ3v) is 4.05. The van der Waals surface area contributed by atoms with E-state index in [0.29, 0.717) is 5.82 Å². The summed E-state index contributed by atoms with van der Waals surface area (Å²) in [6.45, 7) is 2.09. The smallest absolute Gasteiger partial charge is 0.163 e. The van der Waals surface area contributed by atoms with Crippen LogP contribution in [0.4, 0.5) is 5.82 Å². The molecule has 0 radical (unpaired) electrons. The van der Waals surface area contributed by atoms with E-state index < -0.39 is 0 Å². The fourth-order valence-electron chi connectivity index (χ4n) is 2.25. The minimum atomic E-state index is 0.704. The molecule has 21 heavy (non-hydrogen) atoms. The fourth-order valence-corrected chi connectivity index (χ4v) is 2.70. The maximum atomic E-state index is 4.64. The second kappa shape index (κ2) is 5.77. The van der Waals surface area contributed by atoms with E-state index in [9.17, 15) is 0 Å². The van der Waals surface area contributed by atoms with Gasteiger partial charge in [-0.1, -0.05) is 28.9 Å². The largest absolute Gasteiger partial charge is 0.373 e. The SMILES string of the molecule is CCc1cc(NC)nc(-c2ccc(Br)c3cccnc23)n1. The molecule has 4 nitrogen and oxygen atoms in total. The van der Waals surface area contributed by atoms with Gasteiger partial charge in [0.25, 0.3) is 0 Å². The molecule has 2 aromatic heterocycles. The Labute approximate surface area is 131 Å². The number of hydrogen-bond donors (Lipinski definition) is 1. The van der Waals surface area contributed by atoms with Crippen LogP contribution >= 0.6 is 15.9 Å². The quantitative estimate of drug-likeness (QED) is 0.779. The third kappa shape index (κ3) is 2.61. The van der Waals surface area contributed by atoms with Crippen molar-refractivity contribution in [3.05, 3.63) is 46.7 Å². The van der Waals surface area contributed by atoms with Crippen molar-refractivity contribution in [2.75, 3.05) is 12.4 Å². The van der Waals surface area contributed by atoms with Gasteiger partial charge in [0.15, 0.2) is 5.82 Å². The molecule has 5 heteroatoms. The zero-order chi connectivity index (χ0) is 14.8. The molecule has 2 heterocycles. The Kier molecular flexibility index (Phi) is 3.84. The standard InChI is InChI=1S/C16H15BrN4/c1-3-10-9-14(18-2)21-16(20-10)12-6-7-13(17)11-5-4-8-19-15(11)12/h4-9H,3H2,1-2H3,(H,18,20,21). The summed E-state index contributed by atoms with van der Waals surface area (Å²) >= 11 is 3.57. The van der Waals surface area contributed by atoms with Crippen LogP contribution in [0.25, 0.3) is 22.3 Å². The summed E-state index contributed by atoms with van der Waals surface area (Å²) in [6, 6.07) is 9.96. The summed E-state index contributed by atoms with van der Waals surface area (Å²) in [5.74, 6) is 1.53. The highest BCUT2D eigenvalue weighted by molar-refractivity contribution is 9.10. The van der Waals surface area contributed by atoms with Gasteiger partial charge in [-0.05, 0) is 24.6 Å². The molecule has 3 aromatic rings. The van der Waals surface area contributed by atoms with Crippen molar-refractivity contribution < 1.29 is 0 Å². The number of nitrogens with zero attached hydrogens (tertiary/aromatic N) is 3. The summed E-state index contributed by atoms with van der Waals surface area (Å²) in [5.41, 5.74) is 2.86. The van der Waals surface area contributed by atoms with Gasteiger partial charge in [0.2, 0.25) is 0 Å². The van der Waals surface area contributed by atoms with Gasteiger partial charge in [-0.25, -0.2) is 9.97 Å². The van der Waals surface area contributed by atoms with Gasteiger partial charge < -0.3 is 5.32 Å². The molecule has 1 N–H and O–H groups in total. The van der Waals surface area contributed by atoms with E-state index in [4.69, 9.17) is 0 Å². The highest BCUT2D eigenvalue weighted by Crippen LogP contribution is 2.30. The lowest BCUT2D eigenvalue weighted by Crippen LogP contribution is -2.01. The highest BCUT2D eigenvalue weighted by Gasteiger charge is 2.11. The Morgan fingerprint density at radius 3 is 2.81 bits per heavy atom. The molecule has 0 amide bonds. The van der Waals surface area contributed by atoms with Crippen molar-refractivity contribution in [1.82, 2.24) is 15.0 Å². The van der Waals surface area contributed by atoms with Gasteiger partial charge in [-0.2, -0.15) is 0 Å². The van der Waals surface area contributed by atoms with Crippen molar-refractivity contribution in [1.29, 1.82) is 0 Å². The predicted molar refractivity (Wildman–Crippen MR) is 89.4 cm³/mol. The van der Waals surface area contributed by atoms with E-state index in [0.717, 1.165) is 38.9 Å². The van der Waals surface area contributed by atoms with E-state index >= 15 is 0 Å². The van der Waals surface area contributed by atoms with Gasteiger partial charge in [0, 0.05) is 40.4 Å². The average Bonchev–Trinajstić information content (AvgIpc) is 2.55. The molecule has 0 saturated heterocycles. The molecule has 0 saturated carbocycles. The Balaban J connectivity index is 2.28. The molecule has 1 aromatic carbocycles. The van der Waals surface area contributed by atoms with Crippen molar-refractivity contribution in [3.63, 3.8) is 0 Å². The van der Waals surface area contributed by atoms with Gasteiger partial charge in [-0.15, -0.1) is 0 Å². The minimum Gasteiger partial charge on any atom is -0.373 e. The monoisotopic (exact) mass is 342 g/mol. The molecular weight excluding hydrogens is 328 g/mol. The van der Waals surface area contributed by atoms with E-state index in [2.05, 4.69) is 43.1 Å². The van der Waals surface area contributed by atoms with Crippen molar-refractivity contribution in [2.45, 2.75) is 13.3 Å². The molecule has 0 spiro atoms. The molecule has 3 rings (SSSR count). The third-order valence-electron chi connectivity index (χ3n) is 3.35. The molecule has 0 aliphatic carbocycles. The number of nitrogens with one attached hydrogen (secondary N) is 1. The summed E-state index contributed by atoms with van der Waals surface area (Å²) in [5, 5.41) is 4.15. The first-order valence-electron chi connectivity index (χ1n) is 6.82. The lowest BCUT2D eigenvalue weighted by atomic mass is 10.1. The molecule has 0 fully saturated rings. The molecular formula is C16H15BrN4. The van der Waals surface area contributed by atoms with E-state index in [-0.39, 0.29) is 0 Å². The van der Waals surface area contributed by atoms with Crippen LogP contribution in [-0.4, -0.2) is 22.0 Å². The van der Waals surface area contributed by atoms with Crippen molar-refractivity contribution in [2.24, 2.45) is 0 Å². The number of fused-ring (bicyclic) bond motifs is 1. The Morgan fingerprint density at radius 2 is 2.05 bits per heavy atom. The number of aryl methyl sites for hydroxylation is 1. The van der Waals surface area contributed by atoms with Crippen LogP contribution in [0, 0.1) is 0 Å². The lowest BCUT2D eigenvalue weighted by molar-refractivity contribution is 1.01. The molecule has 106 valence electrons. The maximum Gasteiger partial charge on any atom is 0.163 e. The van der Waals surface area contributed by atoms with Crippen LogP contribution < -0.4 is 5.32 Å². The second-order valence-corrected chi connectivity index (χ2v) is 5.52. The van der Waals surface area contributed by atoms with Crippen molar-refractivity contribution >= 4 is 32.7 Å². The maximum absolute atomic E-state index is 4.64. The van der Waals surface area contributed by atoms with E-state index in [1.54, 1.807) is 6.20 Å². The molecule has 0 unspecified atom stereocenters. The second-order valence-electron chi connectivity index (χ2n) is 4.67. The summed E-state index contributed by atoms with van der Waals surface area (Å²) in [6.07, 6.45) is 2.66. The zero-order valence-corrected chi connectivity index (χ0v) is 13.5. The first kappa shape index (κ1) is 13.9. The van der Waals surface area contributed by atoms with Crippen LogP contribution in [0.3, 0.4) is 0 Å². The fraction of sp³-hybridized carbons (Fsp3) is 0.188. The Hall–Kier alpha value is -2.01. The van der Waals surface area contributed by atoms with E-state index in [1.165, 1.54) is 0 Å². The normalized spacial score (nSPS) is 10.8. The number of aromatic nitrogens is 3. The zero-order valence-electron chi connectivity index (χ0n) is 11.9. The number of anilines is 1. The summed E-state index contributed by atoms with van der Waals surface area (Å²) in [7, 11) is 1.86. The number of pyridine rings is 1. The Bertz CT molecular complexity index is 779. The Morgan fingerprint density at radius 1 is 1.19 bits per heavy atom. The highest BCUT2D eigenvalue weighted by atomic mass is 79.9. The minimum absolute atomic E-state index is 0.704. The van der Waals surface area contributed by atoms with Crippen LogP contribution in [0.15, 0.2) is 41.0 Å². The number of halogens is 1. The number of benzene rings is 1. The van der Waals surface area contributed by atoms with Gasteiger partial charge >= 0.3 is 0 Å². The molecule has 0 atom stereocenters. The topological polar surface area (TPSA) is 50.7 Å². The molecule has 0 aliphatic heterocycles. The number of hydrogen-bond acceptors (Lipinski definition) is 4. The van der Waals surface area contributed by atoms with Crippen LogP contribution in [-0.2, 0) is 6.42 Å². The molecule has 0 aliphatic rings. The summed E-state index contributed by atoms with van der Waals surface area (Å²) < 4.78 is 1.02. The van der Waals surface area contributed by atoms with Gasteiger partial charge in [-0.3, -0.25) is 4.98 Å². The predicted octanol–water partition coefficient (Wildman–Crippen LogP) is 4.06. The summed E-state index contributed by atoms with van der Waals surface area (Å²) in [4.78, 5) is 13.7. The lowest BCUT2D eigenvalue weighted by Gasteiger charge is -2.09. The van der Waals surface area contributed by atoms with Crippen LogP contribution in [0.5, 0.6) is 0 Å². The van der Waals surface area contributed by atoms with Gasteiger partial charge in [0.1, 0.15) is 5.82 Å². The number of rotatable bonds is 3. The van der Waals surface area contributed by atoms with Crippen molar-refractivity contribution in [3.8, 4) is 11.4 Å². The first-order valence-corrected chi connectivity index (χ1v) is 7.61. The van der Waals surface area contributed by atoms with Gasteiger partial charge in [0.05, 0.1) is 5.52 Å². The average molecular weight is 343 g/mol. The molecule has 0 bridgehead atoms. The van der Waals surface area contributed by atoms with E-state index in [1.807, 2.05) is 37.4 Å². The van der Waals surface area contributed by atoms with Crippen LogP contribution in [0.1, 0.15) is 12.6 Å². The first-order chi connectivity index (χ1) is 10.2. The van der Waals surface area contributed by atoms with Crippen LogP contribution in [0.2, 0.25) is 0 Å².